The third kappa shape index (κ3) is 21.2. The van der Waals surface area contributed by atoms with E-state index in [-0.39, 0.29) is 0 Å². The van der Waals surface area contributed by atoms with Crippen molar-refractivity contribution in [2.45, 2.75) is 12.8 Å². The van der Waals surface area contributed by atoms with E-state index in [0.717, 1.165) is 0 Å². The van der Waals surface area contributed by atoms with Gasteiger partial charge in [-0.2, -0.15) is 0 Å². The third-order valence-corrected chi connectivity index (χ3v) is 1.03. The molecule has 0 spiro atoms. The van der Waals surface area contributed by atoms with E-state index in [4.69, 9.17) is 10.2 Å². The summed E-state index contributed by atoms with van der Waals surface area (Å²) < 4.78 is 8.30. The highest BCUT2D eigenvalue weighted by Gasteiger charge is 2.11. The number of carbonyl (C=O) groups excluding carboxylic acids is 2. The van der Waals surface area contributed by atoms with Gasteiger partial charge in [0.1, 0.15) is 12.8 Å². The van der Waals surface area contributed by atoms with Crippen LogP contribution in [0.2, 0.25) is 0 Å². The zero-order valence-electron chi connectivity index (χ0n) is 10.3. The molecule has 0 aromatic rings. The van der Waals surface area contributed by atoms with Crippen molar-refractivity contribution in [3.63, 3.8) is 0 Å². The Morgan fingerprint density at radius 1 is 0.737 bits per heavy atom. The van der Waals surface area contributed by atoms with Crippen LogP contribution < -0.4 is 0 Å². The third-order valence-electron chi connectivity index (χ3n) is 1.03. The van der Waals surface area contributed by atoms with Crippen molar-refractivity contribution >= 4 is 23.9 Å². The molecule has 19 heavy (non-hydrogen) atoms. The second kappa shape index (κ2) is 15.4. The molecule has 2 N–H and O–H groups in total. The van der Waals surface area contributed by atoms with Crippen molar-refractivity contribution in [2.75, 3.05) is 6.79 Å². The molecular weight excluding hydrogens is 260 g/mol. The Kier molecular flexibility index (Phi) is 17.5. The van der Waals surface area contributed by atoms with Gasteiger partial charge in [0.25, 0.3) is 0 Å². The van der Waals surface area contributed by atoms with E-state index >= 15 is 0 Å². The van der Waals surface area contributed by atoms with Crippen molar-refractivity contribution < 1.29 is 38.9 Å². The van der Waals surface area contributed by atoms with Crippen LogP contribution >= 0.6 is 0 Å². The fourth-order valence-electron chi connectivity index (χ4n) is 0.510. The van der Waals surface area contributed by atoms with Gasteiger partial charge in [-0.05, 0) is 0 Å². The molecular formula is C11H16O8. The lowest BCUT2D eigenvalue weighted by Gasteiger charge is -2.03. The number of ether oxygens (including phenoxy) is 2. The van der Waals surface area contributed by atoms with Gasteiger partial charge in [0, 0.05) is 0 Å². The Morgan fingerprint density at radius 2 is 1.00 bits per heavy atom. The molecule has 108 valence electrons. The standard InChI is InChI=1S/C7H8O8.2C2H4/c8-4(9)1-6(12)14-3-15-7(13)2-5(10)11;2*1-2/h1-3H2,(H,8,9)(H,10,11);2*1-2H2. The summed E-state index contributed by atoms with van der Waals surface area (Å²) in [6.45, 7) is 11.2. The summed E-state index contributed by atoms with van der Waals surface area (Å²) in [6, 6.07) is 0. The number of carboxylic acids is 2. The quantitative estimate of drug-likeness (QED) is 0.312. The highest BCUT2D eigenvalue weighted by atomic mass is 16.7. The molecule has 8 heteroatoms. The molecule has 0 atom stereocenters. The lowest BCUT2D eigenvalue weighted by molar-refractivity contribution is -0.169. The maximum Gasteiger partial charge on any atom is 0.320 e. The molecule has 0 aromatic heterocycles. The molecule has 0 heterocycles. The van der Waals surface area contributed by atoms with Crippen molar-refractivity contribution in [2.24, 2.45) is 0 Å². The maximum absolute atomic E-state index is 10.5. The predicted octanol–water partition coefficient (Wildman–Crippen LogP) is 0.584. The molecule has 0 rings (SSSR count). The van der Waals surface area contributed by atoms with Crippen molar-refractivity contribution in [3.8, 4) is 0 Å². The minimum Gasteiger partial charge on any atom is -0.481 e. The first-order chi connectivity index (χ1) is 8.91. The SMILES string of the molecule is C=C.C=C.O=C(O)CC(=O)OCOC(=O)CC(=O)O. The molecule has 0 fully saturated rings. The summed E-state index contributed by atoms with van der Waals surface area (Å²) in [7, 11) is 0. The van der Waals surface area contributed by atoms with Crippen LogP contribution in [-0.4, -0.2) is 40.9 Å². The van der Waals surface area contributed by atoms with Gasteiger partial charge in [-0.1, -0.05) is 0 Å². The smallest absolute Gasteiger partial charge is 0.320 e. The van der Waals surface area contributed by atoms with Crippen LogP contribution in [0.15, 0.2) is 26.3 Å². The van der Waals surface area contributed by atoms with E-state index < -0.39 is 43.5 Å². The van der Waals surface area contributed by atoms with Gasteiger partial charge < -0.3 is 19.7 Å². The van der Waals surface area contributed by atoms with E-state index in [9.17, 15) is 19.2 Å². The van der Waals surface area contributed by atoms with Crippen molar-refractivity contribution in [3.05, 3.63) is 26.3 Å². The number of hydrogen-bond donors (Lipinski definition) is 2. The van der Waals surface area contributed by atoms with Crippen LogP contribution in [-0.2, 0) is 28.7 Å². The second-order valence-electron chi connectivity index (χ2n) is 2.29. The lowest BCUT2D eigenvalue weighted by Crippen LogP contribution is -2.16. The first-order valence-corrected chi connectivity index (χ1v) is 4.66. The largest absolute Gasteiger partial charge is 0.481 e. The Morgan fingerprint density at radius 3 is 1.21 bits per heavy atom. The first kappa shape index (κ1) is 21.6. The summed E-state index contributed by atoms with van der Waals surface area (Å²) in [4.78, 5) is 41.0. The fraction of sp³-hybridized carbons (Fsp3) is 0.273. The first-order valence-electron chi connectivity index (χ1n) is 4.66. The molecule has 0 bridgehead atoms. The molecule has 0 saturated carbocycles. The van der Waals surface area contributed by atoms with Gasteiger partial charge >= 0.3 is 23.9 Å². The Hall–Kier alpha value is -2.64. The van der Waals surface area contributed by atoms with Gasteiger partial charge in [-0.3, -0.25) is 19.2 Å². The predicted molar refractivity (Wildman–Crippen MR) is 64.1 cm³/mol. The lowest BCUT2D eigenvalue weighted by atomic mass is 10.4. The molecule has 0 unspecified atom stereocenters. The van der Waals surface area contributed by atoms with E-state index in [1.807, 2.05) is 0 Å². The van der Waals surface area contributed by atoms with Crippen molar-refractivity contribution in [1.29, 1.82) is 0 Å². The average molecular weight is 276 g/mol. The van der Waals surface area contributed by atoms with Gasteiger partial charge in [-0.25, -0.2) is 0 Å². The number of hydrogen-bond acceptors (Lipinski definition) is 6. The molecule has 0 aromatic carbocycles. The topological polar surface area (TPSA) is 127 Å². The molecule has 0 saturated heterocycles. The summed E-state index contributed by atoms with van der Waals surface area (Å²) in [6.07, 6.45) is -1.70. The number of esters is 2. The molecule has 0 radical (unpaired) electrons. The molecule has 0 aliphatic carbocycles. The monoisotopic (exact) mass is 276 g/mol. The van der Waals surface area contributed by atoms with Gasteiger partial charge in [0.05, 0.1) is 0 Å². The summed E-state index contributed by atoms with van der Waals surface area (Å²) in [5.41, 5.74) is 0. The second-order valence-corrected chi connectivity index (χ2v) is 2.29. The van der Waals surface area contributed by atoms with E-state index in [0.29, 0.717) is 0 Å². The number of carbonyl (C=O) groups is 4. The molecule has 0 amide bonds. The van der Waals surface area contributed by atoms with Gasteiger partial charge in [-0.15, -0.1) is 26.3 Å². The number of rotatable bonds is 6. The minimum atomic E-state index is -1.38. The Bertz CT molecular complexity index is 280. The van der Waals surface area contributed by atoms with Crippen LogP contribution in [0.5, 0.6) is 0 Å². The zero-order valence-corrected chi connectivity index (χ0v) is 10.3. The van der Waals surface area contributed by atoms with Crippen LogP contribution in [0.25, 0.3) is 0 Å². The summed E-state index contributed by atoms with van der Waals surface area (Å²) >= 11 is 0. The summed E-state index contributed by atoms with van der Waals surface area (Å²) in [5, 5.41) is 16.3. The number of aliphatic carboxylic acids is 2. The average Bonchev–Trinajstić information content (AvgIpc) is 2.32. The van der Waals surface area contributed by atoms with Crippen molar-refractivity contribution in [1.82, 2.24) is 0 Å². The highest BCUT2D eigenvalue weighted by molar-refractivity contribution is 5.91. The van der Waals surface area contributed by atoms with E-state index in [2.05, 4.69) is 35.8 Å². The van der Waals surface area contributed by atoms with Gasteiger partial charge in [0.2, 0.25) is 6.79 Å². The molecule has 0 aliphatic rings. The number of carboxylic acid groups (broad SMARTS) is 2. The van der Waals surface area contributed by atoms with Crippen LogP contribution in [0.3, 0.4) is 0 Å². The molecule has 8 nitrogen and oxygen atoms in total. The minimum absolute atomic E-state index is 0.793. The van der Waals surface area contributed by atoms with Crippen LogP contribution in [0.1, 0.15) is 12.8 Å². The Labute approximate surface area is 109 Å². The maximum atomic E-state index is 10.5. The highest BCUT2D eigenvalue weighted by Crippen LogP contribution is 1.90. The van der Waals surface area contributed by atoms with E-state index in [1.165, 1.54) is 0 Å². The summed E-state index contributed by atoms with van der Waals surface area (Å²) in [5.74, 6) is -4.91. The van der Waals surface area contributed by atoms with Gasteiger partial charge in [0.15, 0.2) is 0 Å². The van der Waals surface area contributed by atoms with Crippen LogP contribution in [0, 0.1) is 0 Å². The normalized spacial score (nSPS) is 7.58. The van der Waals surface area contributed by atoms with E-state index in [1.54, 1.807) is 0 Å². The fourth-order valence-corrected chi connectivity index (χ4v) is 0.510. The molecule has 0 aliphatic heterocycles. The zero-order chi connectivity index (χ0) is 15.8. The Balaban J connectivity index is -0.000000579. The van der Waals surface area contributed by atoms with Crippen LogP contribution in [0.4, 0.5) is 0 Å².